The first kappa shape index (κ1) is 22.5. The van der Waals surface area contributed by atoms with Gasteiger partial charge in [-0.2, -0.15) is 10.2 Å². The van der Waals surface area contributed by atoms with Gasteiger partial charge in [-0.25, -0.2) is 4.68 Å². The number of nitrogens with one attached hydrogen (secondary N) is 2. The van der Waals surface area contributed by atoms with Crippen molar-refractivity contribution in [2.75, 3.05) is 7.05 Å². The van der Waals surface area contributed by atoms with Crippen molar-refractivity contribution in [2.45, 2.75) is 19.6 Å². The Bertz CT molecular complexity index is 1090. The molecule has 4 rings (SSSR count). The zero-order valence-electron chi connectivity index (χ0n) is 17.3. The molecule has 0 spiro atoms. The molecule has 0 fully saturated rings. The molecule has 4 aromatic rings. The van der Waals surface area contributed by atoms with Gasteiger partial charge in [0.25, 0.3) is 0 Å². The highest BCUT2D eigenvalue weighted by molar-refractivity contribution is 14.0. The second kappa shape index (κ2) is 11.3. The normalized spacial score (nSPS) is 11.1. The lowest BCUT2D eigenvalue weighted by Gasteiger charge is -2.15. The molecule has 2 aromatic heterocycles. The molecule has 0 aliphatic heterocycles. The van der Waals surface area contributed by atoms with Gasteiger partial charge in [0.05, 0.1) is 12.2 Å². The minimum atomic E-state index is 0. The van der Waals surface area contributed by atoms with Crippen LogP contribution in [0.15, 0.2) is 90.4 Å². The first-order valence-electron chi connectivity index (χ1n) is 9.89. The first-order chi connectivity index (χ1) is 14.8. The van der Waals surface area contributed by atoms with Crippen LogP contribution >= 0.6 is 24.0 Å². The van der Waals surface area contributed by atoms with Crippen LogP contribution in [0, 0.1) is 0 Å². The predicted molar refractivity (Wildman–Crippen MR) is 134 cm³/mol. The average Bonchev–Trinajstić information content (AvgIpc) is 3.50. The van der Waals surface area contributed by atoms with Gasteiger partial charge in [0.15, 0.2) is 5.96 Å². The number of rotatable bonds is 7. The third-order valence-electron chi connectivity index (χ3n) is 4.82. The van der Waals surface area contributed by atoms with Crippen molar-refractivity contribution in [1.82, 2.24) is 30.2 Å². The molecule has 0 radical (unpaired) electrons. The highest BCUT2D eigenvalue weighted by Crippen LogP contribution is 2.11. The Morgan fingerprint density at radius 1 is 0.871 bits per heavy atom. The quantitative estimate of drug-likeness (QED) is 0.219. The molecule has 0 saturated carbocycles. The van der Waals surface area contributed by atoms with E-state index in [1.165, 1.54) is 11.1 Å². The van der Waals surface area contributed by atoms with Crippen molar-refractivity contribution in [3.05, 3.63) is 102 Å². The van der Waals surface area contributed by atoms with Crippen LogP contribution in [0.5, 0.6) is 0 Å². The maximum Gasteiger partial charge on any atom is 0.191 e. The van der Waals surface area contributed by atoms with Crippen LogP contribution in [0.2, 0.25) is 0 Å². The first-order valence-corrected chi connectivity index (χ1v) is 9.89. The lowest BCUT2D eigenvalue weighted by Crippen LogP contribution is -2.36. The van der Waals surface area contributed by atoms with E-state index in [4.69, 9.17) is 0 Å². The zero-order chi connectivity index (χ0) is 20.6. The Morgan fingerprint density at radius 2 is 1.65 bits per heavy atom. The van der Waals surface area contributed by atoms with E-state index >= 15 is 0 Å². The Morgan fingerprint density at radius 3 is 2.39 bits per heavy atom. The fourth-order valence-electron chi connectivity index (χ4n) is 3.27. The number of guanidine groups is 1. The van der Waals surface area contributed by atoms with Crippen LogP contribution in [-0.4, -0.2) is 32.6 Å². The van der Waals surface area contributed by atoms with Crippen LogP contribution in [0.3, 0.4) is 0 Å². The average molecular weight is 527 g/mol. The van der Waals surface area contributed by atoms with E-state index in [-0.39, 0.29) is 24.0 Å². The SMILES string of the molecule is CN=C(NCc1cccc(-n2cccn2)c1)NCc1ccccc1Cn1cccn1.I. The Hall–Kier alpha value is -3.14. The van der Waals surface area contributed by atoms with Gasteiger partial charge in [0.1, 0.15) is 0 Å². The second-order valence-electron chi connectivity index (χ2n) is 6.87. The molecule has 0 unspecified atom stereocenters. The lowest BCUT2D eigenvalue weighted by molar-refractivity contribution is 0.677. The highest BCUT2D eigenvalue weighted by atomic mass is 127. The highest BCUT2D eigenvalue weighted by Gasteiger charge is 2.05. The van der Waals surface area contributed by atoms with Gasteiger partial charge in [-0.1, -0.05) is 36.4 Å². The van der Waals surface area contributed by atoms with Gasteiger partial charge >= 0.3 is 0 Å². The zero-order valence-corrected chi connectivity index (χ0v) is 19.7. The smallest absolute Gasteiger partial charge is 0.191 e. The Balaban J connectivity index is 0.00000272. The summed E-state index contributed by atoms with van der Waals surface area (Å²) >= 11 is 0. The van der Waals surface area contributed by atoms with Gasteiger partial charge in [0.2, 0.25) is 0 Å². The lowest BCUT2D eigenvalue weighted by atomic mass is 10.1. The molecule has 7 nitrogen and oxygen atoms in total. The third-order valence-corrected chi connectivity index (χ3v) is 4.82. The van der Waals surface area contributed by atoms with Gasteiger partial charge in [0, 0.05) is 44.9 Å². The topological polar surface area (TPSA) is 72.1 Å². The molecular weight excluding hydrogens is 501 g/mol. The summed E-state index contributed by atoms with van der Waals surface area (Å²) in [5.74, 6) is 0.758. The molecule has 0 amide bonds. The van der Waals surface area contributed by atoms with Crippen molar-refractivity contribution in [2.24, 2.45) is 4.99 Å². The van der Waals surface area contributed by atoms with Crippen LogP contribution in [0.1, 0.15) is 16.7 Å². The van der Waals surface area contributed by atoms with E-state index in [2.05, 4.69) is 62.2 Å². The van der Waals surface area contributed by atoms with Crippen LogP contribution in [0.4, 0.5) is 0 Å². The number of halogens is 1. The van der Waals surface area contributed by atoms with E-state index < -0.39 is 0 Å². The maximum absolute atomic E-state index is 4.36. The van der Waals surface area contributed by atoms with E-state index in [1.54, 1.807) is 19.4 Å². The standard InChI is InChI=1S/C23H25N7.HI/c1-24-23(25-16-19-7-4-10-22(15-19)30-14-6-12-28-30)26-17-20-8-2-3-9-21(20)18-29-13-5-11-27-29;/h2-15H,16-18H2,1H3,(H2,24,25,26);1H. The summed E-state index contributed by atoms with van der Waals surface area (Å²) in [6.45, 7) is 2.10. The van der Waals surface area contributed by atoms with Crippen LogP contribution in [-0.2, 0) is 19.6 Å². The van der Waals surface area contributed by atoms with Gasteiger partial charge in [-0.3, -0.25) is 9.67 Å². The van der Waals surface area contributed by atoms with Crippen molar-refractivity contribution in [3.8, 4) is 5.69 Å². The molecule has 2 aromatic carbocycles. The number of nitrogens with zero attached hydrogens (tertiary/aromatic N) is 5. The van der Waals surface area contributed by atoms with Crippen molar-refractivity contribution < 1.29 is 0 Å². The van der Waals surface area contributed by atoms with Crippen molar-refractivity contribution >= 4 is 29.9 Å². The second-order valence-corrected chi connectivity index (χ2v) is 6.87. The van der Waals surface area contributed by atoms with E-state index in [9.17, 15) is 0 Å². The van der Waals surface area contributed by atoms with Crippen LogP contribution in [0.25, 0.3) is 5.69 Å². The van der Waals surface area contributed by atoms with Gasteiger partial charge in [-0.05, 0) is 41.0 Å². The van der Waals surface area contributed by atoms with Crippen molar-refractivity contribution in [1.29, 1.82) is 0 Å². The minimum absolute atomic E-state index is 0. The molecule has 160 valence electrons. The van der Waals surface area contributed by atoms with Crippen LogP contribution < -0.4 is 10.6 Å². The summed E-state index contributed by atoms with van der Waals surface area (Å²) in [6, 6.07) is 20.5. The number of hydrogen-bond acceptors (Lipinski definition) is 3. The summed E-state index contributed by atoms with van der Waals surface area (Å²) in [7, 11) is 1.78. The summed E-state index contributed by atoms with van der Waals surface area (Å²) in [6.07, 6.45) is 7.49. The molecule has 0 aliphatic rings. The van der Waals surface area contributed by atoms with Gasteiger partial charge in [-0.15, -0.1) is 24.0 Å². The van der Waals surface area contributed by atoms with E-state index in [0.717, 1.165) is 23.8 Å². The molecule has 0 saturated heterocycles. The fourth-order valence-corrected chi connectivity index (χ4v) is 3.27. The minimum Gasteiger partial charge on any atom is -0.352 e. The molecule has 31 heavy (non-hydrogen) atoms. The van der Waals surface area contributed by atoms with Gasteiger partial charge < -0.3 is 10.6 Å². The monoisotopic (exact) mass is 527 g/mol. The molecule has 2 heterocycles. The molecule has 0 aliphatic carbocycles. The fraction of sp³-hybridized carbons (Fsp3) is 0.174. The van der Waals surface area contributed by atoms with E-state index in [1.807, 2.05) is 46.0 Å². The maximum atomic E-state index is 4.36. The number of aliphatic imine (C=N–C) groups is 1. The Kier molecular flexibility index (Phi) is 8.22. The number of hydrogen-bond donors (Lipinski definition) is 2. The molecule has 0 bridgehead atoms. The number of benzene rings is 2. The Labute approximate surface area is 199 Å². The predicted octanol–water partition coefficient (Wildman–Crippen LogP) is 3.60. The molecule has 8 heteroatoms. The summed E-state index contributed by atoms with van der Waals surface area (Å²) < 4.78 is 3.78. The summed E-state index contributed by atoms with van der Waals surface area (Å²) in [4.78, 5) is 4.36. The number of aromatic nitrogens is 4. The molecular formula is C23H26IN7. The van der Waals surface area contributed by atoms with E-state index in [0.29, 0.717) is 13.1 Å². The summed E-state index contributed by atoms with van der Waals surface area (Å²) in [5, 5.41) is 15.4. The largest absolute Gasteiger partial charge is 0.352 e. The third kappa shape index (κ3) is 6.17. The summed E-state index contributed by atoms with van der Waals surface area (Å²) in [5.41, 5.74) is 4.65. The van der Waals surface area contributed by atoms with Crippen molar-refractivity contribution in [3.63, 3.8) is 0 Å². The molecule has 0 atom stereocenters. The molecule has 2 N–H and O–H groups in total.